The summed E-state index contributed by atoms with van der Waals surface area (Å²) in [5.41, 5.74) is 0.501. The minimum absolute atomic E-state index is 0.0299. The molecule has 1 aromatic heterocycles. The first kappa shape index (κ1) is 17.6. The van der Waals surface area contributed by atoms with Gasteiger partial charge >= 0.3 is 5.97 Å². The zero-order valence-electron chi connectivity index (χ0n) is 14.6. The van der Waals surface area contributed by atoms with Gasteiger partial charge in [-0.25, -0.2) is 0 Å². The normalized spacial score (nSPS) is 25.0. The second-order valence-electron chi connectivity index (χ2n) is 7.12. The van der Waals surface area contributed by atoms with E-state index in [4.69, 9.17) is 4.74 Å². The zero-order valence-corrected chi connectivity index (χ0v) is 14.6. The lowest BCUT2D eigenvalue weighted by Gasteiger charge is -2.28. The third-order valence-corrected chi connectivity index (χ3v) is 4.91. The van der Waals surface area contributed by atoms with Gasteiger partial charge in [0.2, 0.25) is 0 Å². The van der Waals surface area contributed by atoms with Crippen LogP contribution in [0.1, 0.15) is 19.4 Å². The standard InChI is InChI=1S/C19H25N3O3/c1-19(2)17(18(24)25-13-14-7-4-3-5-8-14)15(16(12-23)21-19)11-22-10-6-9-20-22/h3-10,15-17,21,23H,11-13H2,1-2H3/t15-,16-,17?/m1/s1. The van der Waals surface area contributed by atoms with Crippen LogP contribution in [0.5, 0.6) is 0 Å². The molecule has 1 saturated heterocycles. The van der Waals surface area contributed by atoms with Gasteiger partial charge in [0.15, 0.2) is 0 Å². The SMILES string of the molecule is CC1(C)N[C@H](CO)[C@@H](Cn2cccn2)C1C(=O)OCc1ccccc1. The number of carbonyl (C=O) groups excluding carboxylic acids is 1. The predicted octanol–water partition coefficient (Wildman–Crippen LogP) is 1.60. The molecule has 3 rings (SSSR count). The van der Waals surface area contributed by atoms with E-state index < -0.39 is 5.54 Å². The molecule has 1 fully saturated rings. The Morgan fingerprint density at radius 2 is 2.08 bits per heavy atom. The summed E-state index contributed by atoms with van der Waals surface area (Å²) in [6.45, 7) is 4.74. The van der Waals surface area contributed by atoms with E-state index in [-0.39, 0.29) is 37.1 Å². The van der Waals surface area contributed by atoms with Gasteiger partial charge < -0.3 is 15.2 Å². The average molecular weight is 343 g/mol. The van der Waals surface area contributed by atoms with Crippen LogP contribution < -0.4 is 5.32 Å². The van der Waals surface area contributed by atoms with E-state index in [9.17, 15) is 9.90 Å². The Bertz CT molecular complexity index is 685. The summed E-state index contributed by atoms with van der Waals surface area (Å²) in [4.78, 5) is 12.9. The Balaban J connectivity index is 1.75. The van der Waals surface area contributed by atoms with Gasteiger partial charge in [0.25, 0.3) is 0 Å². The van der Waals surface area contributed by atoms with Gasteiger partial charge in [-0.1, -0.05) is 30.3 Å². The number of aliphatic hydroxyl groups excluding tert-OH is 1. The van der Waals surface area contributed by atoms with Crippen LogP contribution in [0.2, 0.25) is 0 Å². The number of nitrogens with one attached hydrogen (secondary N) is 1. The van der Waals surface area contributed by atoms with Crippen molar-refractivity contribution in [2.24, 2.45) is 11.8 Å². The maximum atomic E-state index is 12.9. The summed E-state index contributed by atoms with van der Waals surface area (Å²) in [6.07, 6.45) is 3.58. The maximum absolute atomic E-state index is 12.9. The Morgan fingerprint density at radius 3 is 2.72 bits per heavy atom. The fourth-order valence-electron chi connectivity index (χ4n) is 3.77. The van der Waals surface area contributed by atoms with Crippen LogP contribution in [-0.4, -0.2) is 39.0 Å². The minimum atomic E-state index is -0.459. The first-order valence-electron chi connectivity index (χ1n) is 8.58. The molecule has 3 atom stereocenters. The summed E-state index contributed by atoms with van der Waals surface area (Å²) in [7, 11) is 0. The quantitative estimate of drug-likeness (QED) is 0.779. The van der Waals surface area contributed by atoms with Crippen LogP contribution in [0.4, 0.5) is 0 Å². The van der Waals surface area contributed by atoms with Crippen LogP contribution in [0.15, 0.2) is 48.8 Å². The number of benzene rings is 1. The Labute approximate surface area is 147 Å². The van der Waals surface area contributed by atoms with Gasteiger partial charge in [-0.3, -0.25) is 9.48 Å². The summed E-state index contributed by atoms with van der Waals surface area (Å²) in [6, 6.07) is 11.3. The second kappa shape index (κ2) is 7.37. The fourth-order valence-corrected chi connectivity index (χ4v) is 3.77. The Morgan fingerprint density at radius 1 is 1.32 bits per heavy atom. The van der Waals surface area contributed by atoms with Gasteiger partial charge in [0, 0.05) is 36.4 Å². The smallest absolute Gasteiger partial charge is 0.311 e. The monoisotopic (exact) mass is 343 g/mol. The van der Waals surface area contributed by atoms with Crippen molar-refractivity contribution < 1.29 is 14.6 Å². The molecule has 0 aliphatic carbocycles. The van der Waals surface area contributed by atoms with E-state index in [1.807, 2.05) is 56.4 Å². The summed E-state index contributed by atoms with van der Waals surface area (Å²) < 4.78 is 7.40. The highest BCUT2D eigenvalue weighted by atomic mass is 16.5. The molecule has 0 bridgehead atoms. The highest BCUT2D eigenvalue weighted by molar-refractivity contribution is 5.75. The number of ether oxygens (including phenoxy) is 1. The predicted molar refractivity (Wildman–Crippen MR) is 93.5 cm³/mol. The first-order valence-corrected chi connectivity index (χ1v) is 8.58. The fraction of sp³-hybridized carbons (Fsp3) is 0.474. The van der Waals surface area contributed by atoms with E-state index in [0.717, 1.165) is 5.56 Å². The molecular weight excluding hydrogens is 318 g/mol. The molecule has 25 heavy (non-hydrogen) atoms. The average Bonchev–Trinajstić information content (AvgIpc) is 3.19. The van der Waals surface area contributed by atoms with E-state index in [1.54, 1.807) is 10.9 Å². The molecule has 2 N–H and O–H groups in total. The van der Waals surface area contributed by atoms with Crippen LogP contribution in [-0.2, 0) is 22.7 Å². The molecule has 0 radical (unpaired) electrons. The van der Waals surface area contributed by atoms with Gasteiger partial charge in [0.05, 0.1) is 12.5 Å². The molecule has 1 unspecified atom stereocenters. The van der Waals surface area contributed by atoms with E-state index >= 15 is 0 Å². The van der Waals surface area contributed by atoms with Crippen molar-refractivity contribution in [1.82, 2.24) is 15.1 Å². The molecule has 2 heterocycles. The number of carbonyl (C=O) groups is 1. The molecule has 2 aromatic rings. The maximum Gasteiger partial charge on any atom is 0.311 e. The van der Waals surface area contributed by atoms with Crippen molar-refractivity contribution in [3.05, 3.63) is 54.4 Å². The van der Waals surface area contributed by atoms with Gasteiger partial charge in [-0.15, -0.1) is 0 Å². The molecule has 0 spiro atoms. The molecule has 1 aliphatic rings. The molecule has 0 saturated carbocycles. The highest BCUT2D eigenvalue weighted by Gasteiger charge is 2.52. The van der Waals surface area contributed by atoms with Crippen molar-refractivity contribution >= 4 is 5.97 Å². The number of aliphatic hydroxyl groups is 1. The lowest BCUT2D eigenvalue weighted by molar-refractivity contribution is -0.153. The Kier molecular flexibility index (Phi) is 5.20. The summed E-state index contributed by atoms with van der Waals surface area (Å²) >= 11 is 0. The summed E-state index contributed by atoms with van der Waals surface area (Å²) in [5.74, 6) is -0.699. The molecular formula is C19H25N3O3. The molecule has 6 nitrogen and oxygen atoms in total. The minimum Gasteiger partial charge on any atom is -0.461 e. The van der Waals surface area contributed by atoms with E-state index in [0.29, 0.717) is 6.54 Å². The van der Waals surface area contributed by atoms with E-state index in [1.165, 1.54) is 0 Å². The third kappa shape index (κ3) is 3.91. The van der Waals surface area contributed by atoms with Gasteiger partial charge in [-0.05, 0) is 25.5 Å². The lowest BCUT2D eigenvalue weighted by Crippen LogP contribution is -2.44. The molecule has 1 aromatic carbocycles. The number of esters is 1. The van der Waals surface area contributed by atoms with E-state index in [2.05, 4.69) is 10.4 Å². The lowest BCUT2D eigenvalue weighted by atomic mass is 9.80. The van der Waals surface area contributed by atoms with Crippen LogP contribution in [0.25, 0.3) is 0 Å². The number of rotatable bonds is 6. The third-order valence-electron chi connectivity index (χ3n) is 4.91. The number of nitrogens with zero attached hydrogens (tertiary/aromatic N) is 2. The summed E-state index contributed by atoms with van der Waals surface area (Å²) in [5, 5.41) is 17.4. The number of hydrogen-bond donors (Lipinski definition) is 2. The molecule has 6 heteroatoms. The van der Waals surface area contributed by atoms with Crippen molar-refractivity contribution in [3.63, 3.8) is 0 Å². The molecule has 134 valence electrons. The second-order valence-corrected chi connectivity index (χ2v) is 7.12. The number of aromatic nitrogens is 2. The van der Waals surface area contributed by atoms with Crippen LogP contribution in [0.3, 0.4) is 0 Å². The first-order chi connectivity index (χ1) is 12.0. The van der Waals surface area contributed by atoms with Crippen LogP contribution >= 0.6 is 0 Å². The molecule has 0 amide bonds. The topological polar surface area (TPSA) is 76.4 Å². The zero-order chi connectivity index (χ0) is 17.9. The van der Waals surface area contributed by atoms with Crippen molar-refractivity contribution in [2.45, 2.75) is 38.6 Å². The van der Waals surface area contributed by atoms with Crippen LogP contribution in [0, 0.1) is 11.8 Å². The van der Waals surface area contributed by atoms with Crippen molar-refractivity contribution in [1.29, 1.82) is 0 Å². The number of hydrogen-bond acceptors (Lipinski definition) is 5. The van der Waals surface area contributed by atoms with Gasteiger partial charge in [-0.2, -0.15) is 5.10 Å². The van der Waals surface area contributed by atoms with Crippen molar-refractivity contribution in [3.8, 4) is 0 Å². The highest BCUT2D eigenvalue weighted by Crippen LogP contribution is 2.37. The van der Waals surface area contributed by atoms with Gasteiger partial charge in [0.1, 0.15) is 6.61 Å². The molecule has 1 aliphatic heterocycles. The van der Waals surface area contributed by atoms with Crippen molar-refractivity contribution in [2.75, 3.05) is 6.61 Å². The largest absolute Gasteiger partial charge is 0.461 e. The Hall–Kier alpha value is -2.18.